The first-order chi connectivity index (χ1) is 21.7. The van der Waals surface area contributed by atoms with Crippen molar-refractivity contribution in [2.45, 2.75) is 49.8 Å². The van der Waals surface area contributed by atoms with Crippen LogP contribution in [0.25, 0.3) is 22.2 Å². The highest BCUT2D eigenvalue weighted by Crippen LogP contribution is 2.47. The Kier molecular flexibility index (Phi) is 7.62. The molecule has 0 radical (unpaired) electrons. The molecule has 6 rings (SSSR count). The van der Waals surface area contributed by atoms with E-state index in [9.17, 15) is 32.3 Å². The van der Waals surface area contributed by atoms with E-state index < -0.39 is 47.1 Å². The fraction of sp³-hybridized carbons (Fsp3) is 0.333. The number of carbonyl (C=O) groups excluding carboxylic acids is 2. The van der Waals surface area contributed by atoms with Crippen molar-refractivity contribution < 1.29 is 41.7 Å². The van der Waals surface area contributed by atoms with Crippen molar-refractivity contribution in [2.24, 2.45) is 5.73 Å². The number of methoxy groups -OCH3 is 1. The Morgan fingerprint density at radius 2 is 1.80 bits per heavy atom. The van der Waals surface area contributed by atoms with Crippen molar-refractivity contribution in [3.63, 3.8) is 0 Å². The molecule has 2 amide bonds. The molecule has 13 heteroatoms. The molecule has 2 aliphatic rings. The van der Waals surface area contributed by atoms with Gasteiger partial charge in [0.1, 0.15) is 40.5 Å². The van der Waals surface area contributed by atoms with Gasteiger partial charge in [0.05, 0.1) is 19.3 Å². The third kappa shape index (κ3) is 5.17. The van der Waals surface area contributed by atoms with Crippen molar-refractivity contribution in [3.8, 4) is 22.8 Å². The zero-order valence-corrected chi connectivity index (χ0v) is 24.9. The summed E-state index contributed by atoms with van der Waals surface area (Å²) in [4.78, 5) is 34.6. The zero-order valence-electron chi connectivity index (χ0n) is 24.9. The standard InChI is InChI=1S/C33H30F4N4O5/c1-31(30(38)43)16-46-28-22(31)14-25(41-27(28)17-7-9-21(34)10-8-17)32(44,33(35,36)37)15-39-29(42)20-12-19-11-18-5-3-4-6-23(18)40-26(19)24(13-20)45-2/h7-14,44H,3-6,15-16H2,1-2H3,(H2,38,43)(H,39,42)/t31-,32-/m0/s1. The Bertz CT molecular complexity index is 1880. The number of alkyl halides is 3. The van der Waals surface area contributed by atoms with E-state index in [-0.39, 0.29) is 40.5 Å². The highest BCUT2D eigenvalue weighted by atomic mass is 19.4. The molecule has 2 atom stereocenters. The molecular weight excluding hydrogens is 608 g/mol. The van der Waals surface area contributed by atoms with E-state index in [2.05, 4.69) is 10.3 Å². The lowest BCUT2D eigenvalue weighted by molar-refractivity contribution is -0.265. The fourth-order valence-corrected chi connectivity index (χ4v) is 5.91. The van der Waals surface area contributed by atoms with Gasteiger partial charge in [-0.1, -0.05) is 0 Å². The van der Waals surface area contributed by atoms with E-state index in [4.69, 9.17) is 20.2 Å². The third-order valence-corrected chi connectivity index (χ3v) is 8.78. The number of halogens is 4. The number of aryl methyl sites for hydroxylation is 2. The Balaban J connectivity index is 1.40. The number of nitrogens with two attached hydrogens (primary N) is 1. The first-order valence-corrected chi connectivity index (χ1v) is 14.6. The Morgan fingerprint density at radius 1 is 1.09 bits per heavy atom. The molecule has 0 spiro atoms. The Morgan fingerprint density at radius 3 is 2.48 bits per heavy atom. The maximum Gasteiger partial charge on any atom is 0.424 e. The van der Waals surface area contributed by atoms with Gasteiger partial charge in [-0.15, -0.1) is 0 Å². The predicted octanol–water partition coefficient (Wildman–Crippen LogP) is 4.64. The first-order valence-electron chi connectivity index (χ1n) is 14.6. The largest absolute Gasteiger partial charge is 0.494 e. The van der Waals surface area contributed by atoms with E-state index in [1.807, 2.05) is 6.07 Å². The first kappa shape index (κ1) is 31.2. The van der Waals surface area contributed by atoms with Crippen LogP contribution in [0.5, 0.6) is 11.5 Å². The van der Waals surface area contributed by atoms with Gasteiger partial charge in [0, 0.05) is 27.8 Å². The quantitative estimate of drug-likeness (QED) is 0.251. The molecular formula is C33H30F4N4O5. The van der Waals surface area contributed by atoms with Crippen LogP contribution in [-0.2, 0) is 28.7 Å². The van der Waals surface area contributed by atoms with Crippen LogP contribution in [0.15, 0.2) is 48.5 Å². The van der Waals surface area contributed by atoms with Crippen LogP contribution < -0.4 is 20.5 Å². The van der Waals surface area contributed by atoms with Gasteiger partial charge in [-0.05, 0) is 86.7 Å². The van der Waals surface area contributed by atoms with Crippen molar-refractivity contribution >= 4 is 22.7 Å². The summed E-state index contributed by atoms with van der Waals surface area (Å²) in [6, 6.07) is 10.4. The van der Waals surface area contributed by atoms with E-state index in [0.717, 1.165) is 55.1 Å². The van der Waals surface area contributed by atoms with Crippen LogP contribution >= 0.6 is 0 Å². The normalized spacial score (nSPS) is 18.7. The average Bonchev–Trinajstić information content (AvgIpc) is 3.39. The number of carbonyl (C=O) groups is 2. The lowest BCUT2D eigenvalue weighted by Crippen LogP contribution is -2.51. The summed E-state index contributed by atoms with van der Waals surface area (Å²) in [6.07, 6.45) is -1.71. The lowest BCUT2D eigenvalue weighted by Gasteiger charge is -2.31. The molecule has 240 valence electrons. The molecule has 4 aromatic rings. The van der Waals surface area contributed by atoms with Gasteiger partial charge in [0.25, 0.3) is 5.91 Å². The number of hydrogen-bond acceptors (Lipinski definition) is 7. The smallest absolute Gasteiger partial charge is 0.424 e. The molecule has 2 aromatic carbocycles. The van der Waals surface area contributed by atoms with E-state index in [1.54, 1.807) is 0 Å². The van der Waals surface area contributed by atoms with Gasteiger partial charge >= 0.3 is 6.18 Å². The molecule has 0 saturated heterocycles. The molecule has 9 nitrogen and oxygen atoms in total. The van der Waals surface area contributed by atoms with Crippen molar-refractivity contribution in [1.82, 2.24) is 15.3 Å². The number of aliphatic hydroxyl groups is 1. The summed E-state index contributed by atoms with van der Waals surface area (Å²) in [5.41, 5.74) is 1.89. The van der Waals surface area contributed by atoms with Gasteiger partial charge in [-0.2, -0.15) is 13.2 Å². The van der Waals surface area contributed by atoms with E-state index in [0.29, 0.717) is 10.9 Å². The number of nitrogens with one attached hydrogen (secondary N) is 1. The lowest BCUT2D eigenvalue weighted by atomic mass is 9.81. The molecule has 3 heterocycles. The SMILES string of the molecule is COc1cc(C(=O)NC[C@](O)(c2cc3c(c(-c4ccc(F)cc4)n2)OC[C@]3(C)C(N)=O)C(F)(F)F)cc2cc3c(nc12)CCCC3. The number of amides is 2. The molecule has 1 aliphatic heterocycles. The van der Waals surface area contributed by atoms with Crippen molar-refractivity contribution in [3.05, 3.63) is 82.4 Å². The highest BCUT2D eigenvalue weighted by Gasteiger charge is 2.57. The number of ether oxygens (including phenoxy) is 2. The number of rotatable bonds is 7. The minimum Gasteiger partial charge on any atom is -0.494 e. The van der Waals surface area contributed by atoms with Crippen LogP contribution in [0, 0.1) is 5.82 Å². The van der Waals surface area contributed by atoms with Crippen molar-refractivity contribution in [1.29, 1.82) is 0 Å². The van der Waals surface area contributed by atoms with Crippen LogP contribution in [0.1, 0.15) is 52.6 Å². The van der Waals surface area contributed by atoms with Gasteiger partial charge in [-0.3, -0.25) is 9.59 Å². The monoisotopic (exact) mass is 638 g/mol. The van der Waals surface area contributed by atoms with Crippen molar-refractivity contribution in [2.75, 3.05) is 20.3 Å². The molecule has 0 saturated carbocycles. The number of nitrogens with zero attached hydrogens (tertiary/aromatic N) is 2. The van der Waals surface area contributed by atoms with Gasteiger partial charge < -0.3 is 25.6 Å². The second kappa shape index (κ2) is 11.2. The van der Waals surface area contributed by atoms with Gasteiger partial charge in [0.2, 0.25) is 11.5 Å². The second-order valence-electron chi connectivity index (χ2n) is 11.8. The number of aromatic nitrogens is 2. The van der Waals surface area contributed by atoms with Gasteiger partial charge in [0.15, 0.2) is 0 Å². The number of benzene rings is 2. The molecule has 0 fully saturated rings. The summed E-state index contributed by atoms with van der Waals surface area (Å²) in [5.74, 6) is -2.14. The summed E-state index contributed by atoms with van der Waals surface area (Å²) in [6.45, 7) is -0.228. The topological polar surface area (TPSA) is 137 Å². The predicted molar refractivity (Wildman–Crippen MR) is 159 cm³/mol. The zero-order chi connectivity index (χ0) is 33.0. The summed E-state index contributed by atoms with van der Waals surface area (Å²) >= 11 is 0. The summed E-state index contributed by atoms with van der Waals surface area (Å²) < 4.78 is 69.2. The molecule has 2 aromatic heterocycles. The number of fused-ring (bicyclic) bond motifs is 3. The van der Waals surface area contributed by atoms with E-state index in [1.165, 1.54) is 38.3 Å². The molecule has 46 heavy (non-hydrogen) atoms. The van der Waals surface area contributed by atoms with E-state index >= 15 is 0 Å². The van der Waals surface area contributed by atoms with Gasteiger partial charge in [-0.25, -0.2) is 14.4 Å². The minimum atomic E-state index is -5.35. The Labute approximate surface area is 260 Å². The molecule has 0 bridgehead atoms. The molecule has 4 N–H and O–H groups in total. The van der Waals surface area contributed by atoms with Crippen LogP contribution in [0.2, 0.25) is 0 Å². The number of primary amides is 1. The molecule has 0 unspecified atom stereocenters. The summed E-state index contributed by atoms with van der Waals surface area (Å²) in [7, 11) is 1.40. The average molecular weight is 639 g/mol. The van der Waals surface area contributed by atoms with Crippen LogP contribution in [0.4, 0.5) is 17.6 Å². The highest BCUT2D eigenvalue weighted by molar-refractivity contribution is 6.00. The second-order valence-corrected chi connectivity index (χ2v) is 11.8. The maximum atomic E-state index is 14.8. The fourth-order valence-electron chi connectivity index (χ4n) is 5.91. The Hall–Kier alpha value is -4.78. The summed E-state index contributed by atoms with van der Waals surface area (Å²) in [5, 5.41) is 14.1. The number of hydrogen-bond donors (Lipinski definition) is 3. The maximum absolute atomic E-state index is 14.8. The molecule has 1 aliphatic carbocycles. The minimum absolute atomic E-state index is 0.00458. The third-order valence-electron chi connectivity index (χ3n) is 8.78. The number of pyridine rings is 2. The van der Waals surface area contributed by atoms with Crippen LogP contribution in [-0.4, -0.2) is 53.3 Å². The van der Waals surface area contributed by atoms with Crippen LogP contribution in [0.3, 0.4) is 0 Å².